The van der Waals surface area contributed by atoms with Crippen LogP contribution in [-0.2, 0) is 16.2 Å². The molecular formula is C10H12NNaO4. The van der Waals surface area contributed by atoms with Crippen molar-refractivity contribution in [1.82, 2.24) is 0 Å². The summed E-state index contributed by atoms with van der Waals surface area (Å²) < 4.78 is 0. The van der Waals surface area contributed by atoms with Crippen molar-refractivity contribution in [3.8, 4) is 0 Å². The minimum absolute atomic E-state index is 0. The molecule has 0 saturated carbocycles. The number of hydrogen-bond acceptors (Lipinski definition) is 4. The zero-order valence-corrected chi connectivity index (χ0v) is 8.17. The summed E-state index contributed by atoms with van der Waals surface area (Å²) in [6.45, 7) is -0.244. The van der Waals surface area contributed by atoms with Gasteiger partial charge in [-0.25, -0.2) is 4.79 Å². The van der Waals surface area contributed by atoms with Gasteiger partial charge >= 0.3 is 35.5 Å². The first kappa shape index (κ1) is 15.1. The molecule has 6 heteroatoms. The number of hydrogen-bond donors (Lipinski definition) is 2. The van der Waals surface area contributed by atoms with Gasteiger partial charge in [0.25, 0.3) is 0 Å². The molecular weight excluding hydrogens is 221 g/mol. The van der Waals surface area contributed by atoms with E-state index in [2.05, 4.69) is 9.99 Å². The van der Waals surface area contributed by atoms with Gasteiger partial charge in [-0.15, -0.1) is 0 Å². The van der Waals surface area contributed by atoms with Crippen LogP contribution in [0.4, 0.5) is 0 Å². The molecule has 5 nitrogen and oxygen atoms in total. The average Bonchev–Trinajstić information content (AvgIpc) is 2.25. The van der Waals surface area contributed by atoms with Gasteiger partial charge in [0.1, 0.15) is 7.11 Å². The fraction of sp³-hybridized carbons (Fsp3) is 0.200. The first-order chi connectivity index (χ1) is 7.20. The predicted octanol–water partition coefficient (Wildman–Crippen LogP) is -0.0345. The van der Waals surface area contributed by atoms with Gasteiger partial charge in [-0.2, -0.15) is 0 Å². The molecule has 0 amide bonds. The summed E-state index contributed by atoms with van der Waals surface area (Å²) in [6, 6.07) is 6.57. The molecule has 0 radical (unpaired) electrons. The Morgan fingerprint density at radius 1 is 1.44 bits per heavy atom. The molecule has 1 aromatic carbocycles. The second-order valence-electron chi connectivity index (χ2n) is 2.74. The fourth-order valence-corrected chi connectivity index (χ4v) is 1.18. The zero-order chi connectivity index (χ0) is 11.3. The number of aliphatic hydroxyl groups is 1. The fourth-order valence-electron chi connectivity index (χ4n) is 1.18. The molecule has 0 heterocycles. The number of rotatable bonds is 4. The second kappa shape index (κ2) is 7.40. The molecule has 0 aliphatic heterocycles. The van der Waals surface area contributed by atoms with Crippen molar-refractivity contribution in [2.24, 2.45) is 5.16 Å². The molecule has 0 aliphatic rings. The van der Waals surface area contributed by atoms with Crippen LogP contribution in [0.15, 0.2) is 29.4 Å². The Morgan fingerprint density at radius 2 is 2.06 bits per heavy atom. The Morgan fingerprint density at radius 3 is 2.56 bits per heavy atom. The van der Waals surface area contributed by atoms with E-state index in [1.54, 1.807) is 24.3 Å². The van der Waals surface area contributed by atoms with Crippen LogP contribution in [-0.4, -0.2) is 58.6 Å². The van der Waals surface area contributed by atoms with Crippen LogP contribution >= 0.6 is 0 Å². The van der Waals surface area contributed by atoms with Gasteiger partial charge in [-0.3, -0.25) is 0 Å². The third-order valence-corrected chi connectivity index (χ3v) is 1.83. The third kappa shape index (κ3) is 3.61. The van der Waals surface area contributed by atoms with Crippen LogP contribution in [0.1, 0.15) is 11.1 Å². The van der Waals surface area contributed by atoms with Crippen molar-refractivity contribution in [1.29, 1.82) is 0 Å². The Bertz CT molecular complexity index is 392. The summed E-state index contributed by atoms with van der Waals surface area (Å²) in [6.07, 6.45) is 0. The van der Waals surface area contributed by atoms with Gasteiger partial charge in [-0.1, -0.05) is 29.4 Å². The van der Waals surface area contributed by atoms with Crippen molar-refractivity contribution < 1.29 is 19.8 Å². The molecule has 1 rings (SSSR count). The zero-order valence-electron chi connectivity index (χ0n) is 8.17. The van der Waals surface area contributed by atoms with E-state index in [1.165, 1.54) is 7.11 Å². The van der Waals surface area contributed by atoms with E-state index in [0.717, 1.165) is 0 Å². The summed E-state index contributed by atoms with van der Waals surface area (Å²) in [7, 11) is 1.27. The number of aliphatic carboxylic acids is 1. The van der Waals surface area contributed by atoms with Crippen molar-refractivity contribution >= 4 is 41.2 Å². The number of aliphatic hydroxyl groups excluding tert-OH is 1. The first-order valence-corrected chi connectivity index (χ1v) is 4.24. The quantitative estimate of drug-likeness (QED) is 0.434. The Hall–Kier alpha value is -0.880. The SMILES string of the molecule is CO/N=C(/C(=O)O)c1ccccc1CO.[NaH]. The van der Waals surface area contributed by atoms with E-state index in [9.17, 15) is 4.79 Å². The van der Waals surface area contributed by atoms with Crippen molar-refractivity contribution in [3.05, 3.63) is 35.4 Å². The predicted molar refractivity (Wildman–Crippen MR) is 60.7 cm³/mol. The monoisotopic (exact) mass is 233 g/mol. The summed E-state index contributed by atoms with van der Waals surface area (Å²) in [5.41, 5.74) is 0.632. The van der Waals surface area contributed by atoms with E-state index in [0.29, 0.717) is 11.1 Å². The molecule has 0 aliphatic carbocycles. The molecule has 82 valence electrons. The van der Waals surface area contributed by atoms with Gasteiger partial charge in [0.05, 0.1) is 6.61 Å². The van der Waals surface area contributed by atoms with Crippen molar-refractivity contribution in [3.63, 3.8) is 0 Å². The summed E-state index contributed by atoms with van der Waals surface area (Å²) in [5.74, 6) is -1.20. The molecule has 2 N–H and O–H groups in total. The van der Waals surface area contributed by atoms with E-state index >= 15 is 0 Å². The van der Waals surface area contributed by atoms with Gasteiger partial charge in [0.2, 0.25) is 0 Å². The number of benzene rings is 1. The van der Waals surface area contributed by atoms with Crippen molar-refractivity contribution in [2.75, 3.05) is 7.11 Å². The van der Waals surface area contributed by atoms with E-state index < -0.39 is 5.97 Å². The Balaban J connectivity index is 0.00000225. The summed E-state index contributed by atoms with van der Waals surface area (Å²) >= 11 is 0. The van der Waals surface area contributed by atoms with Crippen LogP contribution in [0.5, 0.6) is 0 Å². The maximum absolute atomic E-state index is 10.9. The molecule has 0 aromatic heterocycles. The number of nitrogens with zero attached hydrogens (tertiary/aromatic N) is 1. The van der Waals surface area contributed by atoms with Crippen LogP contribution < -0.4 is 0 Å². The van der Waals surface area contributed by atoms with Crippen LogP contribution in [0.2, 0.25) is 0 Å². The molecule has 0 fully saturated rings. The van der Waals surface area contributed by atoms with Crippen LogP contribution in [0, 0.1) is 0 Å². The molecule has 0 spiro atoms. The van der Waals surface area contributed by atoms with Crippen molar-refractivity contribution in [2.45, 2.75) is 6.61 Å². The Labute approximate surface area is 115 Å². The van der Waals surface area contributed by atoms with Gasteiger partial charge in [-0.05, 0) is 5.56 Å². The van der Waals surface area contributed by atoms with Gasteiger partial charge < -0.3 is 15.1 Å². The third-order valence-electron chi connectivity index (χ3n) is 1.83. The molecule has 16 heavy (non-hydrogen) atoms. The normalized spacial score (nSPS) is 10.5. The van der Waals surface area contributed by atoms with Gasteiger partial charge in [0.15, 0.2) is 5.71 Å². The van der Waals surface area contributed by atoms with E-state index in [-0.39, 0.29) is 41.9 Å². The molecule has 0 saturated heterocycles. The Kier molecular flexibility index (Phi) is 7.00. The maximum atomic E-state index is 10.9. The molecule has 0 bridgehead atoms. The molecule has 1 aromatic rings. The van der Waals surface area contributed by atoms with E-state index in [1.807, 2.05) is 0 Å². The number of carbonyl (C=O) groups is 1. The second-order valence-corrected chi connectivity index (χ2v) is 2.74. The topological polar surface area (TPSA) is 79.1 Å². The van der Waals surface area contributed by atoms with Crippen LogP contribution in [0.3, 0.4) is 0 Å². The summed E-state index contributed by atoms with van der Waals surface area (Å²) in [5, 5.41) is 21.3. The minimum atomic E-state index is -1.20. The molecule has 0 unspecified atom stereocenters. The standard InChI is InChI=1S/C10H11NO4.Na.H/c1-15-11-9(10(13)14)8-5-3-2-4-7(8)6-12;;/h2-5,12H,6H2,1H3,(H,13,14);;/b11-9+;;. The average molecular weight is 233 g/mol. The summed E-state index contributed by atoms with van der Waals surface area (Å²) in [4.78, 5) is 15.3. The number of oxime groups is 1. The number of carboxylic acid groups (broad SMARTS) is 1. The number of carboxylic acids is 1. The molecule has 0 atom stereocenters. The first-order valence-electron chi connectivity index (χ1n) is 4.24. The van der Waals surface area contributed by atoms with Gasteiger partial charge in [0, 0.05) is 5.56 Å². The van der Waals surface area contributed by atoms with E-state index in [4.69, 9.17) is 10.2 Å². The van der Waals surface area contributed by atoms with Crippen LogP contribution in [0.25, 0.3) is 0 Å².